The second-order valence-corrected chi connectivity index (χ2v) is 4.89. The first-order valence-electron chi connectivity index (χ1n) is 6.78. The summed E-state index contributed by atoms with van der Waals surface area (Å²) in [7, 11) is 0. The first-order chi connectivity index (χ1) is 8.72. The molecule has 3 nitrogen and oxygen atoms in total. The summed E-state index contributed by atoms with van der Waals surface area (Å²) in [5, 5.41) is 0. The van der Waals surface area contributed by atoms with Gasteiger partial charge in [0, 0.05) is 26.2 Å². The fourth-order valence-corrected chi connectivity index (χ4v) is 2.44. The largest absolute Gasteiger partial charge is 0.340 e. The lowest BCUT2D eigenvalue weighted by molar-refractivity contribution is -0.134. The van der Waals surface area contributed by atoms with Gasteiger partial charge in [-0.2, -0.15) is 0 Å². The molecule has 1 aromatic carbocycles. The van der Waals surface area contributed by atoms with Gasteiger partial charge in [-0.15, -0.1) is 0 Å². The van der Waals surface area contributed by atoms with Gasteiger partial charge in [-0.25, -0.2) is 0 Å². The van der Waals surface area contributed by atoms with Crippen LogP contribution in [-0.2, 0) is 4.79 Å². The topological polar surface area (TPSA) is 23.6 Å². The van der Waals surface area contributed by atoms with Crippen LogP contribution in [-0.4, -0.2) is 48.4 Å². The molecule has 1 fully saturated rings. The van der Waals surface area contributed by atoms with E-state index in [1.807, 2.05) is 42.2 Å². The maximum Gasteiger partial charge on any atom is 0.229 e. The second kappa shape index (κ2) is 6.01. The summed E-state index contributed by atoms with van der Waals surface area (Å²) in [6.07, 6.45) is 0. The molecule has 0 N–H and O–H groups in total. The summed E-state index contributed by atoms with van der Waals surface area (Å²) < 4.78 is 0. The zero-order chi connectivity index (χ0) is 13.0. The summed E-state index contributed by atoms with van der Waals surface area (Å²) >= 11 is 0. The molecule has 98 valence electrons. The molecule has 1 saturated heterocycles. The zero-order valence-corrected chi connectivity index (χ0v) is 11.3. The van der Waals surface area contributed by atoms with Gasteiger partial charge in [0.25, 0.3) is 0 Å². The molecule has 1 aliphatic rings. The average molecular weight is 246 g/mol. The number of benzene rings is 1. The third-order valence-corrected chi connectivity index (χ3v) is 3.80. The van der Waals surface area contributed by atoms with Gasteiger partial charge in [0.15, 0.2) is 0 Å². The van der Waals surface area contributed by atoms with E-state index in [0.29, 0.717) is 0 Å². The molecule has 18 heavy (non-hydrogen) atoms. The number of piperazine rings is 1. The van der Waals surface area contributed by atoms with E-state index >= 15 is 0 Å². The summed E-state index contributed by atoms with van der Waals surface area (Å²) in [6, 6.07) is 10.0. The molecule has 0 radical (unpaired) electrons. The number of hydrogen-bond donors (Lipinski definition) is 0. The van der Waals surface area contributed by atoms with Crippen molar-refractivity contribution in [2.45, 2.75) is 19.8 Å². The minimum atomic E-state index is -0.0284. The van der Waals surface area contributed by atoms with Gasteiger partial charge < -0.3 is 9.80 Å². The van der Waals surface area contributed by atoms with Crippen LogP contribution in [0.3, 0.4) is 0 Å². The van der Waals surface area contributed by atoms with Crippen molar-refractivity contribution >= 4 is 5.91 Å². The van der Waals surface area contributed by atoms with Crippen LogP contribution < -0.4 is 0 Å². The van der Waals surface area contributed by atoms with E-state index < -0.39 is 0 Å². The molecule has 0 aromatic heterocycles. The summed E-state index contributed by atoms with van der Waals surface area (Å²) in [6.45, 7) is 8.99. The zero-order valence-electron chi connectivity index (χ0n) is 11.3. The third-order valence-electron chi connectivity index (χ3n) is 3.80. The molecule has 2 rings (SSSR count). The van der Waals surface area contributed by atoms with Crippen molar-refractivity contribution in [1.82, 2.24) is 9.80 Å². The molecule has 0 bridgehead atoms. The predicted octanol–water partition coefficient (Wildman–Crippen LogP) is 1.95. The summed E-state index contributed by atoms with van der Waals surface area (Å²) in [5.41, 5.74) is 1.11. The van der Waals surface area contributed by atoms with Crippen molar-refractivity contribution in [3.05, 3.63) is 35.9 Å². The fraction of sp³-hybridized carbons (Fsp3) is 0.533. The van der Waals surface area contributed by atoms with Crippen LogP contribution in [0.5, 0.6) is 0 Å². The second-order valence-electron chi connectivity index (χ2n) is 4.89. The molecule has 0 unspecified atom stereocenters. The van der Waals surface area contributed by atoms with E-state index in [1.54, 1.807) is 0 Å². The maximum absolute atomic E-state index is 12.4. The summed E-state index contributed by atoms with van der Waals surface area (Å²) in [5.74, 6) is 0.233. The van der Waals surface area contributed by atoms with Gasteiger partial charge in [0.1, 0.15) is 0 Å². The van der Waals surface area contributed by atoms with Crippen LogP contribution in [0.25, 0.3) is 0 Å². The number of carbonyl (C=O) groups is 1. The van der Waals surface area contributed by atoms with Crippen molar-refractivity contribution in [2.24, 2.45) is 0 Å². The Bertz CT molecular complexity index is 383. The fourth-order valence-electron chi connectivity index (χ4n) is 2.44. The van der Waals surface area contributed by atoms with Crippen molar-refractivity contribution in [2.75, 3.05) is 32.7 Å². The predicted molar refractivity (Wildman–Crippen MR) is 73.6 cm³/mol. The van der Waals surface area contributed by atoms with Gasteiger partial charge in [-0.1, -0.05) is 37.3 Å². The van der Waals surface area contributed by atoms with E-state index in [-0.39, 0.29) is 11.8 Å². The molecule has 0 saturated carbocycles. The lowest BCUT2D eigenvalue weighted by Gasteiger charge is -2.35. The van der Waals surface area contributed by atoms with Crippen molar-refractivity contribution in [3.63, 3.8) is 0 Å². The normalized spacial score (nSPS) is 18.7. The Hall–Kier alpha value is -1.35. The quantitative estimate of drug-likeness (QED) is 0.814. The monoisotopic (exact) mass is 246 g/mol. The molecule has 0 spiro atoms. The maximum atomic E-state index is 12.4. The molecular weight excluding hydrogens is 224 g/mol. The summed E-state index contributed by atoms with van der Waals surface area (Å²) in [4.78, 5) is 16.8. The third kappa shape index (κ3) is 2.91. The van der Waals surface area contributed by atoms with E-state index in [9.17, 15) is 4.79 Å². The number of rotatable bonds is 3. The van der Waals surface area contributed by atoms with E-state index in [4.69, 9.17) is 0 Å². The minimum absolute atomic E-state index is 0.0284. The van der Waals surface area contributed by atoms with Crippen LogP contribution in [0.1, 0.15) is 25.3 Å². The number of hydrogen-bond acceptors (Lipinski definition) is 2. The Morgan fingerprint density at radius 2 is 1.78 bits per heavy atom. The van der Waals surface area contributed by atoms with Gasteiger partial charge in [0.05, 0.1) is 5.92 Å². The Morgan fingerprint density at radius 3 is 2.33 bits per heavy atom. The van der Waals surface area contributed by atoms with Gasteiger partial charge in [-0.3, -0.25) is 4.79 Å². The minimum Gasteiger partial charge on any atom is -0.340 e. The van der Waals surface area contributed by atoms with Crippen molar-refractivity contribution in [1.29, 1.82) is 0 Å². The first kappa shape index (κ1) is 13.1. The average Bonchev–Trinajstić information content (AvgIpc) is 2.47. The van der Waals surface area contributed by atoms with E-state index in [2.05, 4.69) is 11.8 Å². The molecule has 1 amide bonds. The highest BCUT2D eigenvalue weighted by molar-refractivity contribution is 5.83. The van der Waals surface area contributed by atoms with Crippen LogP contribution in [0.15, 0.2) is 30.3 Å². The van der Waals surface area contributed by atoms with Crippen LogP contribution in [0.4, 0.5) is 0 Å². The van der Waals surface area contributed by atoms with Gasteiger partial charge >= 0.3 is 0 Å². The Balaban J connectivity index is 1.96. The number of likely N-dealkylation sites (N-methyl/N-ethyl adjacent to an activating group) is 1. The number of carbonyl (C=O) groups excluding carboxylic acids is 1. The van der Waals surface area contributed by atoms with Crippen molar-refractivity contribution in [3.8, 4) is 0 Å². The van der Waals surface area contributed by atoms with Crippen LogP contribution in [0, 0.1) is 0 Å². The standard InChI is InChI=1S/C15H22N2O/c1-3-16-9-11-17(12-10-16)15(18)13(2)14-7-5-4-6-8-14/h4-8,13H,3,9-12H2,1-2H3/t13-/m1/s1. The lowest BCUT2D eigenvalue weighted by atomic mass is 9.99. The van der Waals surface area contributed by atoms with Crippen LogP contribution >= 0.6 is 0 Å². The Morgan fingerprint density at radius 1 is 1.17 bits per heavy atom. The highest BCUT2D eigenvalue weighted by Crippen LogP contribution is 2.18. The van der Waals surface area contributed by atoms with Gasteiger partial charge in [0.2, 0.25) is 5.91 Å². The molecule has 1 aromatic rings. The van der Waals surface area contributed by atoms with Crippen molar-refractivity contribution < 1.29 is 4.79 Å². The van der Waals surface area contributed by atoms with E-state index in [1.165, 1.54) is 0 Å². The Kier molecular flexibility index (Phi) is 4.37. The first-order valence-corrected chi connectivity index (χ1v) is 6.78. The number of nitrogens with zero attached hydrogens (tertiary/aromatic N) is 2. The SMILES string of the molecule is CCN1CCN(C(=O)[C@H](C)c2ccccc2)CC1. The highest BCUT2D eigenvalue weighted by atomic mass is 16.2. The molecule has 1 atom stereocenters. The molecule has 0 aliphatic carbocycles. The Labute approximate surface area is 109 Å². The smallest absolute Gasteiger partial charge is 0.229 e. The van der Waals surface area contributed by atoms with Crippen LogP contribution in [0.2, 0.25) is 0 Å². The molecular formula is C15H22N2O. The number of amides is 1. The van der Waals surface area contributed by atoms with E-state index in [0.717, 1.165) is 38.3 Å². The highest BCUT2D eigenvalue weighted by Gasteiger charge is 2.24. The molecule has 3 heteroatoms. The lowest BCUT2D eigenvalue weighted by Crippen LogP contribution is -2.49. The molecule has 1 heterocycles. The van der Waals surface area contributed by atoms with Gasteiger partial charge in [-0.05, 0) is 19.0 Å². The molecule has 1 aliphatic heterocycles.